The van der Waals surface area contributed by atoms with Crippen molar-refractivity contribution in [3.63, 3.8) is 0 Å². The van der Waals surface area contributed by atoms with E-state index in [4.69, 9.17) is 9.47 Å². The van der Waals surface area contributed by atoms with E-state index < -0.39 is 6.16 Å². The quantitative estimate of drug-likeness (QED) is 0.443. The molecule has 3 heteroatoms. The van der Waals surface area contributed by atoms with Gasteiger partial charge in [0.15, 0.2) is 0 Å². The minimum atomic E-state index is -0.628. The molecule has 0 fully saturated rings. The summed E-state index contributed by atoms with van der Waals surface area (Å²) >= 11 is 0. The molecular formula is C13H18O3. The van der Waals surface area contributed by atoms with E-state index in [0.717, 1.165) is 18.4 Å². The van der Waals surface area contributed by atoms with Gasteiger partial charge in [0.2, 0.25) is 0 Å². The molecule has 0 aliphatic heterocycles. The van der Waals surface area contributed by atoms with Gasteiger partial charge in [0.05, 0.1) is 6.61 Å². The molecule has 0 aliphatic rings. The third kappa shape index (κ3) is 3.93. The molecule has 0 spiro atoms. The topological polar surface area (TPSA) is 35.5 Å². The van der Waals surface area contributed by atoms with Crippen LogP contribution in [0.1, 0.15) is 30.9 Å². The molecule has 0 aromatic heterocycles. The number of ether oxygens (including phenoxy) is 2. The largest absolute Gasteiger partial charge is 0.513 e. The fourth-order valence-electron chi connectivity index (χ4n) is 1.20. The van der Waals surface area contributed by atoms with Gasteiger partial charge >= 0.3 is 6.16 Å². The van der Waals surface area contributed by atoms with Gasteiger partial charge in [0.1, 0.15) is 5.75 Å². The van der Waals surface area contributed by atoms with E-state index in [9.17, 15) is 4.79 Å². The normalized spacial score (nSPS) is 9.94. The maximum atomic E-state index is 11.2. The van der Waals surface area contributed by atoms with Crippen molar-refractivity contribution in [1.82, 2.24) is 0 Å². The lowest BCUT2D eigenvalue weighted by Gasteiger charge is -2.07. The van der Waals surface area contributed by atoms with Gasteiger partial charge in [-0.15, -0.1) is 0 Å². The Morgan fingerprint density at radius 3 is 2.62 bits per heavy atom. The molecule has 0 unspecified atom stereocenters. The Hall–Kier alpha value is -1.51. The molecule has 0 aliphatic carbocycles. The van der Waals surface area contributed by atoms with Crippen molar-refractivity contribution in [2.45, 2.75) is 33.6 Å². The first-order valence-corrected chi connectivity index (χ1v) is 5.55. The van der Waals surface area contributed by atoms with E-state index in [-0.39, 0.29) is 0 Å². The highest BCUT2D eigenvalue weighted by Crippen LogP contribution is 2.16. The van der Waals surface area contributed by atoms with E-state index in [0.29, 0.717) is 12.4 Å². The highest BCUT2D eigenvalue weighted by Gasteiger charge is 2.06. The molecular weight excluding hydrogens is 204 g/mol. The van der Waals surface area contributed by atoms with Crippen molar-refractivity contribution in [3.05, 3.63) is 29.3 Å². The zero-order valence-electron chi connectivity index (χ0n) is 10.1. The van der Waals surface area contributed by atoms with Crippen molar-refractivity contribution in [3.8, 4) is 5.75 Å². The second-order valence-electron chi connectivity index (χ2n) is 3.80. The van der Waals surface area contributed by atoms with Gasteiger partial charge in [-0.1, -0.05) is 19.4 Å². The minimum absolute atomic E-state index is 0.417. The molecule has 1 aromatic rings. The van der Waals surface area contributed by atoms with Gasteiger partial charge in [0.25, 0.3) is 0 Å². The minimum Gasteiger partial charge on any atom is -0.434 e. The van der Waals surface area contributed by atoms with E-state index in [2.05, 4.69) is 0 Å². The van der Waals surface area contributed by atoms with Crippen LogP contribution in [-0.2, 0) is 4.74 Å². The van der Waals surface area contributed by atoms with Crippen LogP contribution < -0.4 is 4.74 Å². The molecule has 0 saturated carbocycles. The molecule has 0 atom stereocenters. The highest BCUT2D eigenvalue weighted by molar-refractivity contribution is 5.63. The van der Waals surface area contributed by atoms with Crippen LogP contribution in [-0.4, -0.2) is 12.8 Å². The fourth-order valence-corrected chi connectivity index (χ4v) is 1.20. The number of carbonyl (C=O) groups is 1. The Morgan fingerprint density at radius 2 is 2.00 bits per heavy atom. The van der Waals surface area contributed by atoms with Crippen molar-refractivity contribution in [2.24, 2.45) is 0 Å². The zero-order chi connectivity index (χ0) is 12.0. The Morgan fingerprint density at radius 1 is 1.25 bits per heavy atom. The first kappa shape index (κ1) is 12.6. The first-order chi connectivity index (χ1) is 7.63. The van der Waals surface area contributed by atoms with Crippen LogP contribution in [0.5, 0.6) is 5.75 Å². The van der Waals surface area contributed by atoms with Gasteiger partial charge in [-0.3, -0.25) is 0 Å². The number of aryl methyl sites for hydroxylation is 2. The summed E-state index contributed by atoms with van der Waals surface area (Å²) in [5, 5.41) is 0. The molecule has 0 radical (unpaired) electrons. The lowest BCUT2D eigenvalue weighted by molar-refractivity contribution is 0.0978. The van der Waals surface area contributed by atoms with Crippen molar-refractivity contribution in [2.75, 3.05) is 6.61 Å². The monoisotopic (exact) mass is 222 g/mol. The Kier molecular flexibility index (Phi) is 4.83. The first-order valence-electron chi connectivity index (χ1n) is 5.55. The third-order valence-corrected chi connectivity index (χ3v) is 2.40. The van der Waals surface area contributed by atoms with Crippen molar-refractivity contribution in [1.29, 1.82) is 0 Å². The summed E-state index contributed by atoms with van der Waals surface area (Å²) in [5.74, 6) is 0.532. The number of hydrogen-bond acceptors (Lipinski definition) is 3. The lowest BCUT2D eigenvalue weighted by Crippen LogP contribution is -2.11. The number of carbonyl (C=O) groups excluding carboxylic acids is 1. The van der Waals surface area contributed by atoms with Gasteiger partial charge in [0, 0.05) is 0 Å². The van der Waals surface area contributed by atoms with Crippen molar-refractivity contribution >= 4 is 6.16 Å². The molecule has 0 N–H and O–H groups in total. The predicted molar refractivity (Wildman–Crippen MR) is 62.8 cm³/mol. The maximum absolute atomic E-state index is 11.2. The Labute approximate surface area is 96.4 Å². The SMILES string of the molecule is CCCCOC(=O)Oc1ccc(C)c(C)c1. The summed E-state index contributed by atoms with van der Waals surface area (Å²) in [6, 6.07) is 5.52. The number of benzene rings is 1. The molecule has 88 valence electrons. The van der Waals surface area contributed by atoms with Crippen LogP contribution in [0.2, 0.25) is 0 Å². The molecule has 1 aromatic carbocycles. The van der Waals surface area contributed by atoms with E-state index in [1.807, 2.05) is 32.9 Å². The smallest absolute Gasteiger partial charge is 0.434 e. The standard InChI is InChI=1S/C13H18O3/c1-4-5-8-15-13(14)16-12-7-6-10(2)11(3)9-12/h6-7,9H,4-5,8H2,1-3H3. The number of unbranched alkanes of at least 4 members (excludes halogenated alkanes) is 1. The van der Waals surface area contributed by atoms with E-state index >= 15 is 0 Å². The second kappa shape index (κ2) is 6.16. The van der Waals surface area contributed by atoms with E-state index in [1.54, 1.807) is 6.07 Å². The molecule has 0 saturated heterocycles. The van der Waals surface area contributed by atoms with Gasteiger partial charge in [-0.05, 0) is 43.5 Å². The Balaban J connectivity index is 2.46. The average Bonchev–Trinajstić information content (AvgIpc) is 2.24. The summed E-state index contributed by atoms with van der Waals surface area (Å²) in [6.07, 6.45) is 1.23. The van der Waals surface area contributed by atoms with Crippen LogP contribution in [0.25, 0.3) is 0 Å². The van der Waals surface area contributed by atoms with E-state index in [1.165, 1.54) is 5.56 Å². The summed E-state index contributed by atoms with van der Waals surface area (Å²) < 4.78 is 9.93. The Bertz CT molecular complexity index is 358. The molecule has 0 amide bonds. The molecule has 16 heavy (non-hydrogen) atoms. The van der Waals surface area contributed by atoms with Crippen LogP contribution in [0, 0.1) is 13.8 Å². The van der Waals surface area contributed by atoms with Crippen LogP contribution in [0.3, 0.4) is 0 Å². The molecule has 0 heterocycles. The third-order valence-electron chi connectivity index (χ3n) is 2.40. The van der Waals surface area contributed by atoms with Crippen LogP contribution in [0.15, 0.2) is 18.2 Å². The number of hydrogen-bond donors (Lipinski definition) is 0. The summed E-state index contributed by atoms with van der Waals surface area (Å²) in [7, 11) is 0. The summed E-state index contributed by atoms with van der Waals surface area (Å²) in [5.41, 5.74) is 2.27. The fraction of sp³-hybridized carbons (Fsp3) is 0.462. The van der Waals surface area contributed by atoms with Crippen LogP contribution in [0.4, 0.5) is 4.79 Å². The molecule has 3 nitrogen and oxygen atoms in total. The van der Waals surface area contributed by atoms with Crippen LogP contribution >= 0.6 is 0 Å². The van der Waals surface area contributed by atoms with Gasteiger partial charge in [-0.2, -0.15) is 0 Å². The maximum Gasteiger partial charge on any atom is 0.513 e. The highest BCUT2D eigenvalue weighted by atomic mass is 16.7. The molecule has 0 bridgehead atoms. The molecule has 1 rings (SSSR count). The van der Waals surface area contributed by atoms with Crippen molar-refractivity contribution < 1.29 is 14.3 Å². The zero-order valence-corrected chi connectivity index (χ0v) is 10.1. The predicted octanol–water partition coefficient (Wildman–Crippen LogP) is 3.62. The average molecular weight is 222 g/mol. The second-order valence-corrected chi connectivity index (χ2v) is 3.80. The number of rotatable bonds is 4. The van der Waals surface area contributed by atoms with Gasteiger partial charge in [-0.25, -0.2) is 4.79 Å². The summed E-state index contributed by atoms with van der Waals surface area (Å²) in [6.45, 7) is 6.45. The summed E-state index contributed by atoms with van der Waals surface area (Å²) in [4.78, 5) is 11.2. The van der Waals surface area contributed by atoms with Gasteiger partial charge < -0.3 is 9.47 Å². The lowest BCUT2D eigenvalue weighted by atomic mass is 10.1.